The van der Waals surface area contributed by atoms with Crippen LogP contribution >= 0.6 is 0 Å². The van der Waals surface area contributed by atoms with Crippen LogP contribution < -0.4 is 20.9 Å². The standard InChI is InChI=1S/C21H16F5N3O3/c1-2-32-18-8-12(10-27-19(18)30)11-3-6-17(16(23)7-11)29-20(31)28-13-4-5-15(22)14(9-13)21(24,25)26/h3-10H,2H2,1H3,(H,27,30)(H2,28,29,31). The number of urea groups is 1. The normalized spacial score (nSPS) is 11.2. The summed E-state index contributed by atoms with van der Waals surface area (Å²) in [6.07, 6.45) is -3.57. The SMILES string of the molecule is CCOc1cc(-c2ccc(NC(=O)Nc3ccc(F)c(C(F)(F)F)c3)c(F)c2)c[nH]c1=O. The van der Waals surface area contributed by atoms with Crippen LogP contribution in [0.2, 0.25) is 0 Å². The van der Waals surface area contributed by atoms with Crippen molar-refractivity contribution in [1.29, 1.82) is 0 Å². The molecule has 11 heteroatoms. The molecule has 32 heavy (non-hydrogen) atoms. The van der Waals surface area contributed by atoms with Crippen LogP contribution in [0.4, 0.5) is 38.1 Å². The van der Waals surface area contributed by atoms with Crippen LogP contribution in [-0.2, 0) is 6.18 Å². The van der Waals surface area contributed by atoms with Gasteiger partial charge in [0.15, 0.2) is 5.75 Å². The summed E-state index contributed by atoms with van der Waals surface area (Å²) in [4.78, 5) is 26.2. The van der Waals surface area contributed by atoms with Crippen LogP contribution in [0.5, 0.6) is 5.75 Å². The minimum Gasteiger partial charge on any atom is -0.488 e. The van der Waals surface area contributed by atoms with E-state index in [2.05, 4.69) is 15.6 Å². The molecule has 1 aromatic heterocycles. The van der Waals surface area contributed by atoms with Gasteiger partial charge in [-0.1, -0.05) is 6.07 Å². The summed E-state index contributed by atoms with van der Waals surface area (Å²) in [5, 5.41) is 4.26. The Morgan fingerprint density at radius 2 is 1.75 bits per heavy atom. The Morgan fingerprint density at radius 1 is 1.00 bits per heavy atom. The first-order valence-electron chi connectivity index (χ1n) is 9.18. The Bertz CT molecular complexity index is 1210. The molecule has 0 fully saturated rings. The van der Waals surface area contributed by atoms with Gasteiger partial charge in [-0.2, -0.15) is 13.2 Å². The van der Waals surface area contributed by atoms with Crippen LogP contribution in [-0.4, -0.2) is 17.6 Å². The third-order valence-electron chi connectivity index (χ3n) is 4.25. The molecule has 2 aromatic carbocycles. The molecular formula is C21H16F5N3O3. The zero-order chi connectivity index (χ0) is 23.5. The van der Waals surface area contributed by atoms with Gasteiger partial charge in [0.25, 0.3) is 5.56 Å². The van der Waals surface area contributed by atoms with E-state index in [9.17, 15) is 31.5 Å². The number of anilines is 2. The molecule has 2 amide bonds. The number of nitrogens with one attached hydrogen (secondary N) is 3. The Morgan fingerprint density at radius 3 is 2.41 bits per heavy atom. The summed E-state index contributed by atoms with van der Waals surface area (Å²) < 4.78 is 71.4. The van der Waals surface area contributed by atoms with Crippen molar-refractivity contribution in [1.82, 2.24) is 4.98 Å². The Balaban J connectivity index is 1.76. The fourth-order valence-electron chi connectivity index (χ4n) is 2.79. The molecule has 3 N–H and O–H groups in total. The molecule has 0 saturated carbocycles. The van der Waals surface area contributed by atoms with Crippen LogP contribution in [0.1, 0.15) is 12.5 Å². The van der Waals surface area contributed by atoms with Gasteiger partial charge >= 0.3 is 12.2 Å². The van der Waals surface area contributed by atoms with Crippen LogP contribution in [0.25, 0.3) is 11.1 Å². The van der Waals surface area contributed by atoms with E-state index in [1.54, 1.807) is 6.92 Å². The number of pyridine rings is 1. The fourth-order valence-corrected chi connectivity index (χ4v) is 2.79. The second-order valence-electron chi connectivity index (χ2n) is 6.48. The highest BCUT2D eigenvalue weighted by Crippen LogP contribution is 2.33. The zero-order valence-electron chi connectivity index (χ0n) is 16.4. The zero-order valence-corrected chi connectivity index (χ0v) is 16.4. The minimum atomic E-state index is -4.94. The van der Waals surface area contributed by atoms with Crippen LogP contribution in [0.15, 0.2) is 53.5 Å². The molecule has 168 valence electrons. The van der Waals surface area contributed by atoms with E-state index in [0.717, 1.165) is 12.1 Å². The Kier molecular flexibility index (Phi) is 6.47. The van der Waals surface area contributed by atoms with Crippen molar-refractivity contribution < 1.29 is 31.5 Å². The van der Waals surface area contributed by atoms with Gasteiger partial charge in [0, 0.05) is 17.4 Å². The maximum atomic E-state index is 14.5. The summed E-state index contributed by atoms with van der Waals surface area (Å²) in [5.74, 6) is -2.26. The number of rotatable bonds is 5. The number of benzene rings is 2. The highest BCUT2D eigenvalue weighted by atomic mass is 19.4. The van der Waals surface area contributed by atoms with E-state index in [1.807, 2.05) is 0 Å². The lowest BCUT2D eigenvalue weighted by molar-refractivity contribution is -0.139. The molecule has 0 spiro atoms. The van der Waals surface area contributed by atoms with Crippen molar-refractivity contribution in [2.24, 2.45) is 0 Å². The molecule has 0 aliphatic heterocycles. The third kappa shape index (κ3) is 5.23. The van der Waals surface area contributed by atoms with Crippen LogP contribution in [0.3, 0.4) is 0 Å². The van der Waals surface area contributed by atoms with Gasteiger partial charge in [-0.15, -0.1) is 0 Å². The number of amides is 2. The molecule has 0 saturated heterocycles. The monoisotopic (exact) mass is 453 g/mol. The van der Waals surface area contributed by atoms with Gasteiger partial charge in [0.2, 0.25) is 0 Å². The van der Waals surface area contributed by atoms with Crippen molar-refractivity contribution in [3.8, 4) is 16.9 Å². The van der Waals surface area contributed by atoms with E-state index in [-0.39, 0.29) is 23.7 Å². The summed E-state index contributed by atoms with van der Waals surface area (Å²) in [6, 6.07) is 6.13. The average Bonchev–Trinajstić information content (AvgIpc) is 2.72. The molecule has 0 bridgehead atoms. The van der Waals surface area contributed by atoms with E-state index >= 15 is 0 Å². The number of ether oxygens (including phenoxy) is 1. The number of aromatic amines is 1. The van der Waals surface area contributed by atoms with E-state index < -0.39 is 35.0 Å². The van der Waals surface area contributed by atoms with Gasteiger partial charge < -0.3 is 20.4 Å². The summed E-state index contributed by atoms with van der Waals surface area (Å²) in [5.41, 5.74) is -1.74. The molecule has 0 radical (unpaired) electrons. The first-order valence-corrected chi connectivity index (χ1v) is 9.18. The smallest absolute Gasteiger partial charge is 0.419 e. The first-order chi connectivity index (χ1) is 15.1. The van der Waals surface area contributed by atoms with Crippen LogP contribution in [0, 0.1) is 11.6 Å². The number of H-pyrrole nitrogens is 1. The van der Waals surface area contributed by atoms with E-state index in [1.165, 1.54) is 24.4 Å². The van der Waals surface area contributed by atoms with Crippen molar-refractivity contribution in [3.63, 3.8) is 0 Å². The van der Waals surface area contributed by atoms with Crippen molar-refractivity contribution in [2.45, 2.75) is 13.1 Å². The molecule has 3 aromatic rings. The second-order valence-corrected chi connectivity index (χ2v) is 6.48. The van der Waals surface area contributed by atoms with E-state index in [4.69, 9.17) is 4.74 Å². The number of hydrogen-bond donors (Lipinski definition) is 3. The van der Waals surface area contributed by atoms with Gasteiger partial charge in [0.1, 0.15) is 11.6 Å². The largest absolute Gasteiger partial charge is 0.488 e. The third-order valence-corrected chi connectivity index (χ3v) is 4.25. The van der Waals surface area contributed by atoms with Gasteiger partial charge in [-0.25, -0.2) is 13.6 Å². The topological polar surface area (TPSA) is 83.2 Å². The predicted octanol–water partition coefficient (Wildman–Crippen LogP) is 5.38. The summed E-state index contributed by atoms with van der Waals surface area (Å²) in [7, 11) is 0. The molecule has 6 nitrogen and oxygen atoms in total. The molecule has 0 aliphatic carbocycles. The number of carbonyl (C=O) groups excluding carboxylic acids is 1. The minimum absolute atomic E-state index is 0.0597. The first kappa shape index (κ1) is 22.8. The Labute approximate surface area is 178 Å². The number of hydrogen-bond acceptors (Lipinski definition) is 3. The lowest BCUT2D eigenvalue weighted by Gasteiger charge is -2.12. The van der Waals surface area contributed by atoms with Gasteiger partial charge in [-0.3, -0.25) is 4.79 Å². The van der Waals surface area contributed by atoms with Crippen molar-refractivity contribution in [2.75, 3.05) is 17.2 Å². The summed E-state index contributed by atoms with van der Waals surface area (Å²) >= 11 is 0. The molecule has 0 aliphatic rings. The van der Waals surface area contributed by atoms with E-state index in [0.29, 0.717) is 23.3 Å². The quantitative estimate of drug-likeness (QED) is 0.454. The summed E-state index contributed by atoms with van der Waals surface area (Å²) in [6.45, 7) is 1.96. The number of halogens is 5. The van der Waals surface area contributed by atoms with Gasteiger partial charge in [-0.05, 0) is 48.9 Å². The maximum Gasteiger partial charge on any atom is 0.419 e. The highest BCUT2D eigenvalue weighted by molar-refractivity contribution is 6.00. The fraction of sp³-hybridized carbons (Fsp3) is 0.143. The lowest BCUT2D eigenvalue weighted by atomic mass is 10.1. The highest BCUT2D eigenvalue weighted by Gasteiger charge is 2.34. The number of alkyl halides is 3. The molecule has 1 heterocycles. The van der Waals surface area contributed by atoms with Gasteiger partial charge in [0.05, 0.1) is 17.9 Å². The molecular weight excluding hydrogens is 437 g/mol. The lowest BCUT2D eigenvalue weighted by Crippen LogP contribution is -2.20. The van der Waals surface area contributed by atoms with Crippen molar-refractivity contribution in [3.05, 3.63) is 76.2 Å². The molecule has 0 unspecified atom stereocenters. The predicted molar refractivity (Wildman–Crippen MR) is 108 cm³/mol. The van der Waals surface area contributed by atoms with Crippen molar-refractivity contribution >= 4 is 17.4 Å². The molecule has 0 atom stereocenters. The Hall–Kier alpha value is -3.89. The number of aromatic nitrogens is 1. The maximum absolute atomic E-state index is 14.5. The molecule has 3 rings (SSSR count). The number of carbonyl (C=O) groups is 1. The average molecular weight is 453 g/mol. The second kappa shape index (κ2) is 9.08.